The van der Waals surface area contributed by atoms with Crippen molar-refractivity contribution in [1.82, 2.24) is 10.3 Å². The van der Waals surface area contributed by atoms with Gasteiger partial charge >= 0.3 is 0 Å². The van der Waals surface area contributed by atoms with Crippen LogP contribution < -0.4 is 19.5 Å². The summed E-state index contributed by atoms with van der Waals surface area (Å²) in [5.74, 6) is 3.35. The summed E-state index contributed by atoms with van der Waals surface area (Å²) in [6.07, 6.45) is 7.47. The summed E-state index contributed by atoms with van der Waals surface area (Å²) < 4.78 is 17.7. The first-order valence-electron chi connectivity index (χ1n) is 13.6. The summed E-state index contributed by atoms with van der Waals surface area (Å²) in [4.78, 5) is 3.69. The van der Waals surface area contributed by atoms with Crippen LogP contribution in [0.1, 0.15) is 72.0 Å². The number of aromatic nitrogens is 1. The second kappa shape index (κ2) is 10.5. The average molecular weight is 497 g/mol. The smallest absolute Gasteiger partial charge is 0.125 e. The SMILES string of the molecule is COc1ccc2[nH]c3c(c2c1)CCNC3c1ccc(OC)c(COc2ccccc2C2CCCCC2)c1. The van der Waals surface area contributed by atoms with Gasteiger partial charge in [-0.2, -0.15) is 0 Å². The summed E-state index contributed by atoms with van der Waals surface area (Å²) in [7, 11) is 3.45. The van der Waals surface area contributed by atoms with E-state index in [0.29, 0.717) is 12.5 Å². The Bertz CT molecular complexity index is 1390. The highest BCUT2D eigenvalue weighted by Crippen LogP contribution is 2.39. The Morgan fingerprint density at radius 3 is 2.57 bits per heavy atom. The van der Waals surface area contributed by atoms with Crippen molar-refractivity contribution in [3.63, 3.8) is 0 Å². The average Bonchev–Trinajstić information content (AvgIpc) is 3.34. The number of para-hydroxylation sites is 1. The van der Waals surface area contributed by atoms with E-state index in [1.54, 1.807) is 14.2 Å². The van der Waals surface area contributed by atoms with Crippen molar-refractivity contribution < 1.29 is 14.2 Å². The molecule has 0 saturated heterocycles. The molecule has 192 valence electrons. The standard InChI is InChI=1S/C32H36N2O3/c1-35-24-13-14-28-27(19-24)26-16-17-33-31(32(26)34-28)22-12-15-29(36-2)23(18-22)20-37-30-11-7-6-10-25(30)21-8-4-3-5-9-21/h6-7,10-15,18-19,21,31,33-34H,3-5,8-9,16-17,20H2,1-2H3. The van der Waals surface area contributed by atoms with Crippen LogP contribution in [0.2, 0.25) is 0 Å². The lowest BCUT2D eigenvalue weighted by atomic mass is 9.84. The molecule has 1 aromatic heterocycles. The Morgan fingerprint density at radius 1 is 0.865 bits per heavy atom. The number of methoxy groups -OCH3 is 2. The van der Waals surface area contributed by atoms with Gasteiger partial charge in [0.1, 0.15) is 23.9 Å². The Hall–Kier alpha value is -3.44. The van der Waals surface area contributed by atoms with Gasteiger partial charge in [-0.1, -0.05) is 43.5 Å². The van der Waals surface area contributed by atoms with E-state index < -0.39 is 0 Å². The van der Waals surface area contributed by atoms with Crippen molar-refractivity contribution in [2.75, 3.05) is 20.8 Å². The first-order chi connectivity index (χ1) is 18.2. The monoisotopic (exact) mass is 496 g/mol. The molecule has 5 nitrogen and oxygen atoms in total. The Morgan fingerprint density at radius 2 is 1.73 bits per heavy atom. The highest BCUT2D eigenvalue weighted by atomic mass is 16.5. The van der Waals surface area contributed by atoms with Crippen molar-refractivity contribution in [2.24, 2.45) is 0 Å². The molecule has 0 bridgehead atoms. The first-order valence-corrected chi connectivity index (χ1v) is 13.6. The lowest BCUT2D eigenvalue weighted by Gasteiger charge is -2.26. The van der Waals surface area contributed by atoms with Gasteiger partial charge in [0.15, 0.2) is 0 Å². The predicted molar refractivity (Wildman–Crippen MR) is 148 cm³/mol. The summed E-state index contributed by atoms with van der Waals surface area (Å²) in [5, 5.41) is 4.98. The number of H-pyrrole nitrogens is 1. The first kappa shape index (κ1) is 23.9. The third-order valence-electron chi connectivity index (χ3n) is 8.14. The number of benzene rings is 3. The summed E-state index contributed by atoms with van der Waals surface area (Å²) in [6.45, 7) is 1.40. The zero-order chi connectivity index (χ0) is 25.2. The minimum absolute atomic E-state index is 0.0846. The second-order valence-electron chi connectivity index (χ2n) is 10.3. The fourth-order valence-electron chi connectivity index (χ4n) is 6.23. The molecule has 2 N–H and O–H groups in total. The van der Waals surface area contributed by atoms with E-state index in [0.717, 1.165) is 41.3 Å². The maximum atomic E-state index is 6.48. The van der Waals surface area contributed by atoms with Gasteiger partial charge in [-0.25, -0.2) is 0 Å². The van der Waals surface area contributed by atoms with E-state index in [9.17, 15) is 0 Å². The molecule has 0 spiro atoms. The third kappa shape index (κ3) is 4.69. The minimum atomic E-state index is 0.0846. The van der Waals surface area contributed by atoms with Gasteiger partial charge in [-0.15, -0.1) is 0 Å². The van der Waals surface area contributed by atoms with Crippen LogP contribution in [0.15, 0.2) is 60.7 Å². The lowest BCUT2D eigenvalue weighted by Crippen LogP contribution is -2.30. The van der Waals surface area contributed by atoms with Crippen LogP contribution in [0.25, 0.3) is 10.9 Å². The van der Waals surface area contributed by atoms with Crippen LogP contribution in [-0.2, 0) is 13.0 Å². The summed E-state index contributed by atoms with van der Waals surface area (Å²) in [6, 6.07) is 21.4. The molecule has 4 aromatic rings. The van der Waals surface area contributed by atoms with Crippen molar-refractivity contribution in [1.29, 1.82) is 0 Å². The van der Waals surface area contributed by atoms with Crippen molar-refractivity contribution in [3.8, 4) is 17.2 Å². The van der Waals surface area contributed by atoms with Crippen LogP contribution in [0.5, 0.6) is 17.2 Å². The Balaban J connectivity index is 1.29. The molecule has 0 amide bonds. The van der Waals surface area contributed by atoms with Crippen LogP contribution in [0.3, 0.4) is 0 Å². The summed E-state index contributed by atoms with van der Waals surface area (Å²) in [5.41, 5.74) is 7.37. The van der Waals surface area contributed by atoms with E-state index in [2.05, 4.69) is 64.9 Å². The number of nitrogens with one attached hydrogen (secondary N) is 2. The molecule has 1 saturated carbocycles. The Labute approximate surface area is 219 Å². The van der Waals surface area contributed by atoms with Gasteiger partial charge in [-0.3, -0.25) is 0 Å². The van der Waals surface area contributed by atoms with Gasteiger partial charge in [0.05, 0.1) is 20.3 Å². The maximum Gasteiger partial charge on any atom is 0.125 e. The summed E-state index contributed by atoms with van der Waals surface area (Å²) >= 11 is 0. The normalized spacial score (nSPS) is 17.9. The highest BCUT2D eigenvalue weighted by Gasteiger charge is 2.26. The van der Waals surface area contributed by atoms with Crippen molar-refractivity contribution >= 4 is 10.9 Å². The number of rotatable bonds is 7. The van der Waals surface area contributed by atoms with E-state index >= 15 is 0 Å². The lowest BCUT2D eigenvalue weighted by molar-refractivity contribution is 0.288. The largest absolute Gasteiger partial charge is 0.497 e. The Kier molecular flexibility index (Phi) is 6.79. The molecule has 2 heterocycles. The maximum absolute atomic E-state index is 6.48. The molecular weight excluding hydrogens is 460 g/mol. The number of fused-ring (bicyclic) bond motifs is 3. The van der Waals surface area contributed by atoms with Gasteiger partial charge in [0.25, 0.3) is 0 Å². The molecule has 1 atom stereocenters. The molecule has 1 aliphatic heterocycles. The van der Waals surface area contributed by atoms with Crippen LogP contribution in [0, 0.1) is 0 Å². The molecule has 1 unspecified atom stereocenters. The van der Waals surface area contributed by atoms with Gasteiger partial charge in [0, 0.05) is 28.7 Å². The van der Waals surface area contributed by atoms with Crippen molar-refractivity contribution in [2.45, 2.75) is 57.1 Å². The molecule has 0 radical (unpaired) electrons. The van der Waals surface area contributed by atoms with Gasteiger partial charge < -0.3 is 24.5 Å². The van der Waals surface area contributed by atoms with Gasteiger partial charge in [-0.05, 0) is 78.3 Å². The number of hydrogen-bond acceptors (Lipinski definition) is 4. The number of ether oxygens (including phenoxy) is 3. The van der Waals surface area contributed by atoms with Crippen LogP contribution >= 0.6 is 0 Å². The van der Waals surface area contributed by atoms with E-state index in [1.807, 2.05) is 6.07 Å². The molecule has 1 aliphatic carbocycles. The highest BCUT2D eigenvalue weighted by molar-refractivity contribution is 5.86. The molecule has 6 rings (SSSR count). The number of aromatic amines is 1. The van der Waals surface area contributed by atoms with E-state index in [1.165, 1.54) is 59.9 Å². The van der Waals surface area contributed by atoms with Crippen LogP contribution in [-0.4, -0.2) is 25.7 Å². The zero-order valence-electron chi connectivity index (χ0n) is 21.8. The third-order valence-corrected chi connectivity index (χ3v) is 8.14. The van der Waals surface area contributed by atoms with Gasteiger partial charge in [0.2, 0.25) is 0 Å². The fraction of sp³-hybridized carbons (Fsp3) is 0.375. The zero-order valence-corrected chi connectivity index (χ0v) is 21.8. The fourth-order valence-corrected chi connectivity index (χ4v) is 6.23. The van der Waals surface area contributed by atoms with E-state index in [-0.39, 0.29) is 6.04 Å². The number of hydrogen-bond donors (Lipinski definition) is 2. The predicted octanol–water partition coefficient (Wildman–Crippen LogP) is 7.05. The van der Waals surface area contributed by atoms with E-state index in [4.69, 9.17) is 14.2 Å². The molecule has 2 aliphatic rings. The molecular formula is C32H36N2O3. The molecule has 37 heavy (non-hydrogen) atoms. The molecule has 1 fully saturated rings. The van der Waals surface area contributed by atoms with Crippen LogP contribution in [0.4, 0.5) is 0 Å². The molecule has 5 heteroatoms. The topological polar surface area (TPSA) is 55.5 Å². The second-order valence-corrected chi connectivity index (χ2v) is 10.3. The van der Waals surface area contributed by atoms with Crippen molar-refractivity contribution in [3.05, 3.63) is 88.6 Å². The minimum Gasteiger partial charge on any atom is -0.497 e. The molecule has 3 aromatic carbocycles. The quantitative estimate of drug-likeness (QED) is 0.288.